The van der Waals surface area contributed by atoms with Gasteiger partial charge in [-0.1, -0.05) is 13.2 Å². The van der Waals surface area contributed by atoms with Gasteiger partial charge in [-0.05, 0) is 30.3 Å². The smallest absolute Gasteiger partial charge is 0.415 e. The van der Waals surface area contributed by atoms with E-state index in [4.69, 9.17) is 4.74 Å². The molecule has 188 valence electrons. The summed E-state index contributed by atoms with van der Waals surface area (Å²) in [4.78, 5) is 39.1. The molecule has 0 radical (unpaired) electrons. The molecule has 0 aliphatic carbocycles. The van der Waals surface area contributed by atoms with Crippen LogP contribution in [0.15, 0.2) is 90.0 Å². The van der Waals surface area contributed by atoms with Crippen LogP contribution in [0.3, 0.4) is 0 Å². The minimum absolute atomic E-state index is 0.147. The monoisotopic (exact) mass is 512 g/mol. The maximum Gasteiger partial charge on any atom is 0.415 e. The number of ether oxygens (including phenoxy) is 1. The third-order valence-electron chi connectivity index (χ3n) is 4.87. The lowest BCUT2D eigenvalue weighted by Crippen LogP contribution is -2.29. The van der Waals surface area contributed by atoms with Crippen LogP contribution in [0.4, 0.5) is 28.0 Å². The largest absolute Gasteiger partial charge is 0.454 e. The highest BCUT2D eigenvalue weighted by Gasteiger charge is 2.31. The summed E-state index contributed by atoms with van der Waals surface area (Å²) in [7, 11) is 0. The second kappa shape index (κ2) is 9.89. The maximum absolute atomic E-state index is 13.7. The molecule has 0 atom stereocenters. The molecular weight excluding hydrogens is 496 g/mol. The topological polar surface area (TPSA) is 122 Å². The lowest BCUT2D eigenvalue weighted by atomic mass is 10.1. The van der Waals surface area contributed by atoms with Gasteiger partial charge in [0.15, 0.2) is 11.4 Å². The van der Waals surface area contributed by atoms with Gasteiger partial charge in [-0.3, -0.25) is 9.78 Å². The van der Waals surface area contributed by atoms with Crippen molar-refractivity contribution in [1.29, 1.82) is 0 Å². The van der Waals surface area contributed by atoms with Crippen LogP contribution < -0.4 is 20.9 Å². The number of hydrogen-bond acceptors (Lipinski definition) is 6. The summed E-state index contributed by atoms with van der Waals surface area (Å²) < 4.78 is 58.0. The Hall–Kier alpha value is -5.07. The Labute approximate surface area is 205 Å². The van der Waals surface area contributed by atoms with Gasteiger partial charge >= 0.3 is 12.2 Å². The number of nitrogens with one attached hydrogen (secondary N) is 3. The van der Waals surface area contributed by atoms with Crippen LogP contribution in [0.1, 0.15) is 0 Å². The second-order valence-corrected chi connectivity index (χ2v) is 7.43. The van der Waals surface area contributed by atoms with Crippen molar-refractivity contribution in [3.8, 4) is 11.5 Å². The fourth-order valence-corrected chi connectivity index (χ4v) is 3.18. The molecule has 0 aliphatic heterocycles. The highest BCUT2D eigenvalue weighted by atomic mass is 19.4. The van der Waals surface area contributed by atoms with Gasteiger partial charge in [0.2, 0.25) is 0 Å². The van der Waals surface area contributed by atoms with Crippen molar-refractivity contribution >= 4 is 33.8 Å². The summed E-state index contributed by atoms with van der Waals surface area (Å²) >= 11 is 0. The average Bonchev–Trinajstić information content (AvgIpc) is 2.84. The van der Waals surface area contributed by atoms with Crippen LogP contribution in [0.5, 0.6) is 11.5 Å². The summed E-state index contributed by atoms with van der Waals surface area (Å²) in [5.41, 5.74) is -1.73. The fourth-order valence-electron chi connectivity index (χ4n) is 3.18. The first-order valence-corrected chi connectivity index (χ1v) is 10.3. The van der Waals surface area contributed by atoms with Gasteiger partial charge in [0.25, 0.3) is 5.56 Å². The number of urea groups is 1. The van der Waals surface area contributed by atoms with Crippen LogP contribution >= 0.6 is 0 Å². The molecule has 4 rings (SSSR count). The summed E-state index contributed by atoms with van der Waals surface area (Å²) in [5, 5.41) is 4.83. The van der Waals surface area contributed by atoms with E-state index in [1.165, 1.54) is 30.6 Å². The Kier molecular flexibility index (Phi) is 6.69. The van der Waals surface area contributed by atoms with Crippen molar-refractivity contribution in [1.82, 2.24) is 25.3 Å². The number of hydrogen-bond donors (Lipinski definition) is 3. The predicted octanol–water partition coefficient (Wildman–Crippen LogP) is 5.27. The van der Waals surface area contributed by atoms with E-state index in [-0.39, 0.29) is 28.1 Å². The Bertz CT molecular complexity index is 1650. The molecule has 3 N–H and O–H groups in total. The number of amides is 2. The molecule has 0 spiro atoms. The Morgan fingerprint density at radius 1 is 1.05 bits per heavy atom. The average molecular weight is 512 g/mol. The van der Waals surface area contributed by atoms with Crippen molar-refractivity contribution in [2.24, 2.45) is 0 Å². The molecular formula is C24H16F4N6O3. The lowest BCUT2D eigenvalue weighted by Gasteiger charge is -2.14. The molecule has 3 heterocycles. The van der Waals surface area contributed by atoms with E-state index in [2.05, 4.69) is 38.4 Å². The number of aromatic amines is 1. The molecule has 0 aliphatic rings. The van der Waals surface area contributed by atoms with Gasteiger partial charge in [-0.15, -0.1) is 0 Å². The van der Waals surface area contributed by atoms with Gasteiger partial charge in [-0.25, -0.2) is 19.2 Å². The van der Waals surface area contributed by atoms with Gasteiger partial charge in [-0.2, -0.15) is 13.2 Å². The molecule has 1 aromatic carbocycles. The summed E-state index contributed by atoms with van der Waals surface area (Å²) in [5.74, 6) is -0.755. The van der Waals surface area contributed by atoms with Crippen molar-refractivity contribution in [3.63, 3.8) is 0 Å². The highest BCUT2D eigenvalue weighted by Crippen LogP contribution is 2.34. The Morgan fingerprint density at radius 2 is 1.84 bits per heavy atom. The maximum atomic E-state index is 13.7. The van der Waals surface area contributed by atoms with Gasteiger partial charge in [0.1, 0.15) is 17.1 Å². The fraction of sp³-hybridized carbons (Fsp3) is 0.0417. The predicted molar refractivity (Wildman–Crippen MR) is 128 cm³/mol. The van der Waals surface area contributed by atoms with Gasteiger partial charge in [0.05, 0.1) is 28.7 Å². The van der Waals surface area contributed by atoms with E-state index in [9.17, 15) is 27.2 Å². The van der Waals surface area contributed by atoms with Gasteiger partial charge < -0.3 is 20.4 Å². The number of H-pyrrole nitrogens is 1. The minimum atomic E-state index is -4.82. The van der Waals surface area contributed by atoms with E-state index in [1.807, 2.05) is 5.32 Å². The number of pyridine rings is 2. The summed E-state index contributed by atoms with van der Waals surface area (Å²) in [6.07, 6.45) is -0.519. The van der Waals surface area contributed by atoms with Crippen LogP contribution in [-0.4, -0.2) is 32.1 Å². The van der Waals surface area contributed by atoms with Crippen molar-refractivity contribution in [3.05, 3.63) is 95.6 Å². The third kappa shape index (κ3) is 5.61. The molecule has 3 aromatic heterocycles. The molecule has 4 aromatic rings. The summed E-state index contributed by atoms with van der Waals surface area (Å²) in [6, 6.07) is 6.66. The Morgan fingerprint density at radius 3 is 2.57 bits per heavy atom. The number of allylic oxidation sites excluding steroid dienone is 3. The number of carbonyl (C=O) groups excluding carboxylic acids is 1. The highest BCUT2D eigenvalue weighted by molar-refractivity contribution is 6.02. The van der Waals surface area contributed by atoms with E-state index >= 15 is 0 Å². The first-order chi connectivity index (χ1) is 17.5. The molecule has 0 saturated heterocycles. The molecule has 0 bridgehead atoms. The van der Waals surface area contributed by atoms with Crippen molar-refractivity contribution in [2.75, 3.05) is 5.32 Å². The quantitative estimate of drug-likeness (QED) is 0.239. The zero-order chi connectivity index (χ0) is 26.7. The first kappa shape index (κ1) is 25.0. The van der Waals surface area contributed by atoms with Crippen molar-refractivity contribution < 1.29 is 27.1 Å². The molecule has 37 heavy (non-hydrogen) atoms. The zero-order valence-corrected chi connectivity index (χ0v) is 18.7. The lowest BCUT2D eigenvalue weighted by molar-refractivity contribution is -0.0879. The standard InChI is InChI=1S/C24H16F4N6O3/c1-12(24(26,27)28)10-16(13(2)25)33-23(36)32-15-5-6-17(14-4-3-8-29-20(14)15)37-18-7-9-30-22-21(18)34-19(35)11-31-22/h3-11H,1-2H2,(H,34,35)(H2,32,33,36)/b16-10+. The number of carbonyl (C=O) groups is 1. The van der Waals surface area contributed by atoms with Crippen LogP contribution in [0, 0.1) is 0 Å². The molecule has 0 fully saturated rings. The first-order valence-electron chi connectivity index (χ1n) is 10.3. The minimum Gasteiger partial charge on any atom is -0.454 e. The number of anilines is 1. The van der Waals surface area contributed by atoms with E-state index in [1.54, 1.807) is 12.1 Å². The number of aromatic nitrogens is 4. The third-order valence-corrected chi connectivity index (χ3v) is 4.87. The van der Waals surface area contributed by atoms with Crippen LogP contribution in [0.2, 0.25) is 0 Å². The number of benzene rings is 1. The zero-order valence-electron chi connectivity index (χ0n) is 18.7. The number of rotatable bonds is 6. The molecule has 9 nitrogen and oxygen atoms in total. The number of nitrogens with zero attached hydrogens (tertiary/aromatic N) is 3. The number of fused-ring (bicyclic) bond motifs is 2. The second-order valence-electron chi connectivity index (χ2n) is 7.43. The summed E-state index contributed by atoms with van der Waals surface area (Å²) in [6.45, 7) is 5.75. The van der Waals surface area contributed by atoms with Crippen LogP contribution in [0.25, 0.3) is 22.1 Å². The molecule has 13 heteroatoms. The van der Waals surface area contributed by atoms with E-state index < -0.39 is 34.9 Å². The molecule has 0 unspecified atom stereocenters. The number of alkyl halides is 3. The molecule has 0 saturated carbocycles. The van der Waals surface area contributed by atoms with E-state index in [0.29, 0.717) is 17.2 Å². The normalized spacial score (nSPS) is 11.8. The Balaban J connectivity index is 1.63. The van der Waals surface area contributed by atoms with Gasteiger partial charge in [0, 0.05) is 23.8 Å². The molecule has 2 amide bonds. The SMILES string of the molecule is C=C(F)/C(=C\C(=C)C(F)(F)F)NC(=O)Nc1ccc(Oc2ccnc3ncc(=O)[nH]c23)c2cccnc12. The number of halogens is 4. The van der Waals surface area contributed by atoms with Crippen molar-refractivity contribution in [2.45, 2.75) is 6.18 Å². The van der Waals surface area contributed by atoms with Crippen LogP contribution in [-0.2, 0) is 0 Å². The van der Waals surface area contributed by atoms with E-state index in [0.717, 1.165) is 6.20 Å².